The van der Waals surface area contributed by atoms with E-state index in [0.717, 1.165) is 17.8 Å². The van der Waals surface area contributed by atoms with Crippen molar-refractivity contribution in [1.82, 2.24) is 4.90 Å². The van der Waals surface area contributed by atoms with E-state index in [4.69, 9.17) is 18.0 Å². The van der Waals surface area contributed by atoms with Crippen molar-refractivity contribution >= 4 is 28.8 Å². The number of nitrogens with one attached hydrogen (secondary N) is 1. The lowest BCUT2D eigenvalue weighted by Crippen LogP contribution is -2.38. The van der Waals surface area contributed by atoms with E-state index in [1.54, 1.807) is 0 Å². The molecule has 0 aliphatic carbocycles. The number of anilines is 1. The minimum absolute atomic E-state index is 0.0568. The number of nitrogens with two attached hydrogens (primary N) is 1. The van der Waals surface area contributed by atoms with Gasteiger partial charge < -0.3 is 11.1 Å². The summed E-state index contributed by atoms with van der Waals surface area (Å²) in [6.45, 7) is 5.45. The molecular weight excluding hydrogens is 246 g/mol. The van der Waals surface area contributed by atoms with Crippen LogP contribution in [0.25, 0.3) is 0 Å². The minimum atomic E-state index is -0.0568. The lowest BCUT2D eigenvalue weighted by molar-refractivity contribution is -0.117. The quantitative estimate of drug-likeness (QED) is 0.766. The van der Waals surface area contributed by atoms with E-state index in [9.17, 15) is 4.79 Å². The zero-order valence-electron chi connectivity index (χ0n) is 10.8. The first-order valence-electron chi connectivity index (χ1n) is 5.88. The molecule has 1 aromatic carbocycles. The summed E-state index contributed by atoms with van der Waals surface area (Å²) < 4.78 is 0. The topological polar surface area (TPSA) is 58.4 Å². The fraction of sp³-hybridized carbons (Fsp3) is 0.385. The van der Waals surface area contributed by atoms with Crippen LogP contribution in [0.2, 0.25) is 0 Å². The number of hydrogen-bond donors (Lipinski definition) is 2. The van der Waals surface area contributed by atoms with Crippen molar-refractivity contribution in [2.75, 3.05) is 25.0 Å². The number of carbonyl (C=O) groups excluding carboxylic acids is 1. The monoisotopic (exact) mass is 265 g/mol. The molecule has 98 valence electrons. The number of aryl methyl sites for hydroxylation is 1. The molecule has 0 aliphatic heterocycles. The Kier molecular flexibility index (Phi) is 5.74. The van der Waals surface area contributed by atoms with Gasteiger partial charge in [0.15, 0.2) is 0 Å². The molecule has 1 amide bonds. The van der Waals surface area contributed by atoms with Crippen LogP contribution in [0.1, 0.15) is 12.5 Å². The Bertz CT molecular complexity index is 434. The van der Waals surface area contributed by atoms with E-state index < -0.39 is 0 Å². The van der Waals surface area contributed by atoms with Crippen molar-refractivity contribution in [3.8, 4) is 0 Å². The Morgan fingerprint density at radius 2 is 2.17 bits per heavy atom. The molecule has 0 radical (unpaired) electrons. The molecule has 3 N–H and O–H groups in total. The molecule has 0 aliphatic rings. The van der Waals surface area contributed by atoms with Gasteiger partial charge in [-0.1, -0.05) is 31.3 Å². The van der Waals surface area contributed by atoms with Crippen LogP contribution in [0.15, 0.2) is 24.3 Å². The van der Waals surface area contributed by atoms with E-state index in [2.05, 4.69) is 5.32 Å². The maximum Gasteiger partial charge on any atom is 0.238 e. The third-order valence-corrected chi connectivity index (χ3v) is 2.62. The summed E-state index contributed by atoms with van der Waals surface area (Å²) in [5.74, 6) is -0.0568. The van der Waals surface area contributed by atoms with Gasteiger partial charge in [0, 0.05) is 12.2 Å². The Hall–Kier alpha value is -1.46. The third-order valence-electron chi connectivity index (χ3n) is 2.50. The van der Waals surface area contributed by atoms with Gasteiger partial charge in [0.25, 0.3) is 0 Å². The van der Waals surface area contributed by atoms with Crippen LogP contribution in [0.3, 0.4) is 0 Å². The van der Waals surface area contributed by atoms with Gasteiger partial charge in [-0.15, -0.1) is 0 Å². The molecule has 0 heterocycles. The van der Waals surface area contributed by atoms with Gasteiger partial charge in [0.2, 0.25) is 5.91 Å². The number of rotatable bonds is 6. The van der Waals surface area contributed by atoms with Gasteiger partial charge in [-0.3, -0.25) is 9.69 Å². The zero-order valence-corrected chi connectivity index (χ0v) is 11.6. The highest BCUT2D eigenvalue weighted by Crippen LogP contribution is 2.09. The molecule has 4 nitrogen and oxygen atoms in total. The molecule has 0 fully saturated rings. The lowest BCUT2D eigenvalue weighted by Gasteiger charge is -2.18. The largest absolute Gasteiger partial charge is 0.392 e. The fourth-order valence-electron chi connectivity index (χ4n) is 1.63. The van der Waals surface area contributed by atoms with E-state index in [0.29, 0.717) is 18.1 Å². The van der Waals surface area contributed by atoms with Crippen molar-refractivity contribution in [2.24, 2.45) is 5.73 Å². The molecule has 0 unspecified atom stereocenters. The summed E-state index contributed by atoms with van der Waals surface area (Å²) in [4.78, 5) is 14.1. The highest BCUT2D eigenvalue weighted by atomic mass is 32.1. The van der Waals surface area contributed by atoms with Crippen LogP contribution in [-0.4, -0.2) is 35.4 Å². The number of thiocarbonyl (C=S) groups is 1. The second-order valence-electron chi connectivity index (χ2n) is 4.19. The molecule has 0 saturated carbocycles. The van der Waals surface area contributed by atoms with Gasteiger partial charge in [-0.05, 0) is 31.2 Å². The number of amides is 1. The van der Waals surface area contributed by atoms with Crippen molar-refractivity contribution in [3.63, 3.8) is 0 Å². The van der Waals surface area contributed by atoms with Crippen LogP contribution in [0.4, 0.5) is 5.69 Å². The van der Waals surface area contributed by atoms with Crippen molar-refractivity contribution in [2.45, 2.75) is 13.8 Å². The Morgan fingerprint density at radius 3 is 2.72 bits per heavy atom. The number of nitrogens with zero attached hydrogens (tertiary/aromatic N) is 1. The molecular formula is C13H19N3OS. The first-order chi connectivity index (χ1) is 8.51. The van der Waals surface area contributed by atoms with E-state index in [1.807, 2.05) is 43.0 Å². The second-order valence-corrected chi connectivity index (χ2v) is 4.71. The van der Waals surface area contributed by atoms with Gasteiger partial charge in [0.05, 0.1) is 11.5 Å². The smallest absolute Gasteiger partial charge is 0.238 e. The summed E-state index contributed by atoms with van der Waals surface area (Å²) >= 11 is 4.84. The van der Waals surface area contributed by atoms with E-state index in [1.165, 1.54) is 0 Å². The molecule has 0 spiro atoms. The predicted octanol–water partition coefficient (Wildman–Crippen LogP) is 1.54. The molecule has 1 aromatic rings. The van der Waals surface area contributed by atoms with Crippen LogP contribution in [0, 0.1) is 6.92 Å². The summed E-state index contributed by atoms with van der Waals surface area (Å²) in [6.07, 6.45) is 0. The first-order valence-corrected chi connectivity index (χ1v) is 6.29. The molecule has 18 heavy (non-hydrogen) atoms. The Balaban J connectivity index is 2.52. The summed E-state index contributed by atoms with van der Waals surface area (Å²) in [7, 11) is 0. The maximum atomic E-state index is 11.8. The Labute approximate surface area is 113 Å². The average molecular weight is 265 g/mol. The molecule has 0 saturated heterocycles. The average Bonchev–Trinajstić information content (AvgIpc) is 2.27. The van der Waals surface area contributed by atoms with E-state index >= 15 is 0 Å². The van der Waals surface area contributed by atoms with Crippen molar-refractivity contribution in [3.05, 3.63) is 29.8 Å². The lowest BCUT2D eigenvalue weighted by atomic mass is 10.2. The van der Waals surface area contributed by atoms with Crippen LogP contribution in [0.5, 0.6) is 0 Å². The van der Waals surface area contributed by atoms with Crippen LogP contribution in [-0.2, 0) is 4.79 Å². The zero-order chi connectivity index (χ0) is 13.5. The van der Waals surface area contributed by atoms with E-state index in [-0.39, 0.29) is 5.91 Å². The summed E-state index contributed by atoms with van der Waals surface area (Å²) in [5.41, 5.74) is 7.40. The van der Waals surface area contributed by atoms with Crippen molar-refractivity contribution < 1.29 is 4.79 Å². The molecule has 1 rings (SSSR count). The highest BCUT2D eigenvalue weighted by Gasteiger charge is 2.10. The SMILES string of the molecule is CCN(CC(=O)Nc1cccc(C)c1)CC(N)=S. The minimum Gasteiger partial charge on any atom is -0.392 e. The highest BCUT2D eigenvalue weighted by molar-refractivity contribution is 7.80. The number of carbonyl (C=O) groups is 1. The standard InChI is InChI=1S/C13H19N3OS/c1-3-16(8-12(14)18)9-13(17)15-11-6-4-5-10(2)7-11/h4-7H,3,8-9H2,1-2H3,(H2,14,18)(H,15,17). The molecule has 5 heteroatoms. The number of benzene rings is 1. The van der Waals surface area contributed by atoms with Crippen molar-refractivity contribution in [1.29, 1.82) is 0 Å². The maximum absolute atomic E-state index is 11.8. The van der Waals surface area contributed by atoms with Gasteiger partial charge in [-0.2, -0.15) is 0 Å². The fourth-order valence-corrected chi connectivity index (χ4v) is 1.81. The second kappa shape index (κ2) is 7.08. The summed E-state index contributed by atoms with van der Waals surface area (Å²) in [5, 5.41) is 2.86. The first kappa shape index (κ1) is 14.6. The predicted molar refractivity (Wildman–Crippen MR) is 78.7 cm³/mol. The van der Waals surface area contributed by atoms with Gasteiger partial charge >= 0.3 is 0 Å². The molecule has 0 bridgehead atoms. The normalized spacial score (nSPS) is 10.4. The Morgan fingerprint density at radius 1 is 1.44 bits per heavy atom. The molecule has 0 atom stereocenters. The number of likely N-dealkylation sites (N-methyl/N-ethyl adjacent to an activating group) is 1. The third kappa shape index (κ3) is 5.25. The van der Waals surface area contributed by atoms with Crippen LogP contribution < -0.4 is 11.1 Å². The van der Waals surface area contributed by atoms with Gasteiger partial charge in [-0.25, -0.2) is 0 Å². The van der Waals surface area contributed by atoms with Gasteiger partial charge in [0.1, 0.15) is 0 Å². The van der Waals surface area contributed by atoms with Crippen LogP contribution >= 0.6 is 12.2 Å². The number of hydrogen-bond acceptors (Lipinski definition) is 3. The molecule has 0 aromatic heterocycles. The summed E-state index contributed by atoms with van der Waals surface area (Å²) in [6, 6.07) is 7.70.